The van der Waals surface area contributed by atoms with E-state index in [-0.39, 0.29) is 21.1 Å². The fourth-order valence-electron chi connectivity index (χ4n) is 0. The molecule has 0 aliphatic rings. The second kappa shape index (κ2) is 147. The topological polar surface area (TPSA) is 149 Å². The molecular formula is C4H4MoO8. The molecular weight excluding hydrogens is 272 g/mol. The molecule has 0 aliphatic carbocycles. The average Bonchev–Trinajstić information content (AvgIpc) is 1.92. The van der Waals surface area contributed by atoms with Crippen LogP contribution in [0.4, 0.5) is 0 Å². The molecule has 0 atom stereocenters. The summed E-state index contributed by atoms with van der Waals surface area (Å²) in [5, 5.41) is 27.1. The Bertz CT molecular complexity index is 70.1. The summed E-state index contributed by atoms with van der Waals surface area (Å²) in [5.74, 6) is 0. The Labute approximate surface area is 87.1 Å². The van der Waals surface area contributed by atoms with Crippen LogP contribution >= 0.6 is 0 Å². The molecule has 0 saturated carbocycles. The Morgan fingerprint density at radius 2 is 0.538 bits per heavy atom. The predicted molar refractivity (Wildman–Crippen MR) is 33.3 cm³/mol. The molecule has 0 bridgehead atoms. The first kappa shape index (κ1) is 29.9. The van der Waals surface area contributed by atoms with Gasteiger partial charge < -0.3 is 39.6 Å². The molecule has 0 fully saturated rings. The summed E-state index contributed by atoms with van der Waals surface area (Å²) >= 11 is 0. The van der Waals surface area contributed by atoms with E-state index in [0.717, 1.165) is 0 Å². The van der Waals surface area contributed by atoms with Crippen molar-refractivity contribution in [3.63, 3.8) is 0 Å². The van der Waals surface area contributed by atoms with Crippen molar-refractivity contribution < 1.29 is 60.7 Å². The minimum absolute atomic E-state index is 0. The molecule has 74 valence electrons. The molecule has 0 aromatic rings. The molecule has 0 aromatic carbocycles. The van der Waals surface area contributed by atoms with Gasteiger partial charge in [0.25, 0.3) is 0 Å². The molecule has 0 unspecified atom stereocenters. The van der Waals surface area contributed by atoms with Gasteiger partial charge in [-0.25, -0.2) is 0 Å². The van der Waals surface area contributed by atoms with Crippen molar-refractivity contribution in [2.75, 3.05) is 0 Å². The van der Waals surface area contributed by atoms with E-state index in [9.17, 15) is 0 Å². The molecule has 0 spiro atoms. The maximum absolute atomic E-state index is 8.24. The molecule has 0 aliphatic heterocycles. The molecule has 8 nitrogen and oxygen atoms in total. The molecule has 0 amide bonds. The average molecular weight is 276 g/mol. The van der Waals surface area contributed by atoms with Crippen LogP contribution in [-0.2, 0) is 40.2 Å². The number of hydrogen-bond acceptors (Lipinski definition) is 4. The molecule has 9 heteroatoms. The third-order valence-electron chi connectivity index (χ3n) is 0. The first-order valence-electron chi connectivity index (χ1n) is 1.71. The minimum atomic E-state index is 0. The fraction of sp³-hybridized carbons (Fsp3) is 0. The van der Waals surface area contributed by atoms with Gasteiger partial charge in [0.2, 0.25) is 0 Å². The van der Waals surface area contributed by atoms with Crippen LogP contribution in [0.15, 0.2) is 0 Å². The van der Waals surface area contributed by atoms with Crippen LogP contribution in [0, 0.1) is 0 Å². The van der Waals surface area contributed by atoms with E-state index in [2.05, 4.69) is 0 Å². The van der Waals surface area contributed by atoms with Crippen LogP contribution in [0.2, 0.25) is 0 Å². The third-order valence-corrected chi connectivity index (χ3v) is 0. The van der Waals surface area contributed by atoms with Crippen molar-refractivity contribution in [2.24, 2.45) is 0 Å². The van der Waals surface area contributed by atoms with Gasteiger partial charge in [-0.05, 0) is 0 Å². The third kappa shape index (κ3) is 379. The Morgan fingerprint density at radius 1 is 0.538 bits per heavy atom. The van der Waals surface area contributed by atoms with Gasteiger partial charge in [-0.2, -0.15) is 0 Å². The Hall–Kier alpha value is -1.43. The van der Waals surface area contributed by atoms with Crippen LogP contribution in [0.1, 0.15) is 0 Å². The molecule has 0 aromatic heterocycles. The van der Waals surface area contributed by atoms with Gasteiger partial charge in [0, 0.05) is 0 Å². The second-order valence-electron chi connectivity index (χ2n) is 0.365. The fourth-order valence-corrected chi connectivity index (χ4v) is 0. The number of aliphatic hydroxyl groups excluding tert-OH is 4. The Balaban J connectivity index is -0.0000000213. The van der Waals surface area contributed by atoms with E-state index in [0.29, 0.717) is 25.9 Å². The SMILES string of the molecule is O=[C-]O.O=[C-]O.O=[C-]O.O=[C-]O.[Mo+4]. The Kier molecular flexibility index (Phi) is 338. The molecule has 0 rings (SSSR count). The van der Waals surface area contributed by atoms with Gasteiger partial charge in [0.15, 0.2) is 0 Å². The van der Waals surface area contributed by atoms with E-state index in [4.69, 9.17) is 39.6 Å². The number of rotatable bonds is 0. The smallest absolute Gasteiger partial charge is 0.665 e. The predicted octanol–water partition coefficient (Wildman–Crippen LogP) is -1.56. The summed E-state index contributed by atoms with van der Waals surface area (Å²) in [5.41, 5.74) is 0. The van der Waals surface area contributed by atoms with Gasteiger partial charge in [-0.3, -0.25) is 0 Å². The molecule has 0 heterocycles. The van der Waals surface area contributed by atoms with Crippen molar-refractivity contribution in [3.8, 4) is 0 Å². The quantitative estimate of drug-likeness (QED) is 0.306. The van der Waals surface area contributed by atoms with E-state index in [1.165, 1.54) is 0 Å². The van der Waals surface area contributed by atoms with Crippen LogP contribution in [0.25, 0.3) is 0 Å². The van der Waals surface area contributed by atoms with E-state index in [1.54, 1.807) is 0 Å². The summed E-state index contributed by atoms with van der Waals surface area (Å²) in [6.45, 7) is 2.00. The molecule has 4 N–H and O–H groups in total. The first-order valence-corrected chi connectivity index (χ1v) is 1.71. The molecule has 0 radical (unpaired) electrons. The zero-order valence-electron chi connectivity index (χ0n) is 5.83. The van der Waals surface area contributed by atoms with Crippen molar-refractivity contribution >= 4 is 25.9 Å². The largest absolute Gasteiger partial charge is 4.00 e. The van der Waals surface area contributed by atoms with Gasteiger partial charge in [-0.1, -0.05) is 25.9 Å². The van der Waals surface area contributed by atoms with Crippen LogP contribution in [0.5, 0.6) is 0 Å². The summed E-state index contributed by atoms with van der Waals surface area (Å²) in [7, 11) is 0. The Morgan fingerprint density at radius 3 is 0.538 bits per heavy atom. The zero-order valence-corrected chi connectivity index (χ0v) is 7.84. The zero-order chi connectivity index (χ0) is 10.8. The standard InChI is InChI=1S/4CHO2.Mo/c4*2-1-3;/h4*(H,2,3);/q4*-1;+4. The molecule has 0 saturated heterocycles. The second-order valence-corrected chi connectivity index (χ2v) is 0.365. The van der Waals surface area contributed by atoms with E-state index < -0.39 is 0 Å². The van der Waals surface area contributed by atoms with Gasteiger partial charge in [-0.15, -0.1) is 0 Å². The van der Waals surface area contributed by atoms with Crippen molar-refractivity contribution in [1.29, 1.82) is 0 Å². The maximum Gasteiger partial charge on any atom is 4.00 e. The van der Waals surface area contributed by atoms with Crippen molar-refractivity contribution in [3.05, 3.63) is 0 Å². The van der Waals surface area contributed by atoms with Crippen LogP contribution in [0.3, 0.4) is 0 Å². The van der Waals surface area contributed by atoms with Crippen LogP contribution < -0.4 is 0 Å². The van der Waals surface area contributed by atoms with Crippen molar-refractivity contribution in [1.82, 2.24) is 0 Å². The minimum Gasteiger partial charge on any atom is -0.665 e. The first-order chi connectivity index (χ1) is 5.66. The van der Waals surface area contributed by atoms with Gasteiger partial charge in [0.1, 0.15) is 0 Å². The molecule has 13 heavy (non-hydrogen) atoms. The van der Waals surface area contributed by atoms with E-state index >= 15 is 0 Å². The van der Waals surface area contributed by atoms with Crippen LogP contribution in [-0.4, -0.2) is 46.3 Å². The maximum atomic E-state index is 8.24. The van der Waals surface area contributed by atoms with Gasteiger partial charge >= 0.3 is 21.1 Å². The van der Waals surface area contributed by atoms with Gasteiger partial charge in [0.05, 0.1) is 0 Å². The summed E-state index contributed by atoms with van der Waals surface area (Å²) in [6.07, 6.45) is 0. The van der Waals surface area contributed by atoms with Crippen molar-refractivity contribution in [2.45, 2.75) is 0 Å². The summed E-state index contributed by atoms with van der Waals surface area (Å²) in [4.78, 5) is 32.9. The normalized spacial score (nSPS) is 3.69. The monoisotopic (exact) mass is 278 g/mol. The van der Waals surface area contributed by atoms with E-state index in [1.807, 2.05) is 0 Å². The summed E-state index contributed by atoms with van der Waals surface area (Å²) in [6, 6.07) is 0. The summed E-state index contributed by atoms with van der Waals surface area (Å²) < 4.78 is 0. The number of hydrogen-bond donors (Lipinski definition) is 4.